The van der Waals surface area contributed by atoms with Gasteiger partial charge in [0, 0.05) is 25.4 Å². The van der Waals surface area contributed by atoms with Gasteiger partial charge in [-0.2, -0.15) is 12.6 Å². The molecule has 0 spiro atoms. The quantitative estimate of drug-likeness (QED) is 0.329. The number of carbonyl (C=O) groups excluding carboxylic acids is 1. The van der Waals surface area contributed by atoms with E-state index >= 15 is 0 Å². The first-order chi connectivity index (χ1) is 9.27. The van der Waals surface area contributed by atoms with Crippen LogP contribution in [0.3, 0.4) is 0 Å². The fraction of sp³-hybridized carbons (Fsp3) is 0.833. The molecule has 0 aromatic rings. The van der Waals surface area contributed by atoms with E-state index in [1.165, 1.54) is 18.7 Å². The normalized spacial score (nSPS) is 15.4. The lowest BCUT2D eigenvalue weighted by Crippen LogP contribution is -2.46. The smallest absolute Gasteiger partial charge is 0.321 e. The van der Waals surface area contributed by atoms with Crippen LogP contribution >= 0.6 is 12.6 Å². The van der Waals surface area contributed by atoms with Crippen LogP contribution in [0.5, 0.6) is 0 Å². The Labute approximate surface area is 124 Å². The van der Waals surface area contributed by atoms with E-state index in [2.05, 4.69) is 17.9 Å². The summed E-state index contributed by atoms with van der Waals surface area (Å²) in [4.78, 5) is 24.4. The third-order valence-electron chi connectivity index (χ3n) is 2.50. The van der Waals surface area contributed by atoms with Gasteiger partial charge < -0.3 is 25.5 Å². The number of amides is 1. The minimum Gasteiger partial charge on any atom is -0.480 e. The molecule has 0 fully saturated rings. The molecular formula is C12H24N2O5S. The van der Waals surface area contributed by atoms with Gasteiger partial charge in [-0.25, -0.2) is 0 Å². The fourth-order valence-corrected chi connectivity index (χ4v) is 1.83. The topological polar surface area (TPSA) is 110 Å². The summed E-state index contributed by atoms with van der Waals surface area (Å²) >= 11 is 3.97. The number of aliphatic hydroxyl groups is 2. The van der Waals surface area contributed by atoms with Gasteiger partial charge in [-0.3, -0.25) is 9.59 Å². The molecule has 0 saturated carbocycles. The molecule has 0 aliphatic rings. The van der Waals surface area contributed by atoms with Gasteiger partial charge in [0.1, 0.15) is 6.04 Å². The minimum absolute atomic E-state index is 0.0582. The molecule has 3 unspecified atom stereocenters. The van der Waals surface area contributed by atoms with Crippen molar-refractivity contribution in [2.24, 2.45) is 0 Å². The molecule has 7 nitrogen and oxygen atoms in total. The second kappa shape index (κ2) is 9.98. The first kappa shape index (κ1) is 19.2. The highest BCUT2D eigenvalue weighted by molar-refractivity contribution is 7.80. The van der Waals surface area contributed by atoms with Crippen LogP contribution in [-0.2, 0) is 9.59 Å². The van der Waals surface area contributed by atoms with E-state index in [4.69, 9.17) is 5.11 Å². The van der Waals surface area contributed by atoms with Crippen LogP contribution in [-0.4, -0.2) is 75.7 Å². The molecule has 3 atom stereocenters. The van der Waals surface area contributed by atoms with Gasteiger partial charge in [-0.1, -0.05) is 0 Å². The zero-order chi connectivity index (χ0) is 15.7. The van der Waals surface area contributed by atoms with Crippen molar-refractivity contribution in [3.63, 3.8) is 0 Å². The summed E-state index contributed by atoms with van der Waals surface area (Å²) < 4.78 is 0. The monoisotopic (exact) mass is 308 g/mol. The maximum absolute atomic E-state index is 12.1. The van der Waals surface area contributed by atoms with Crippen molar-refractivity contribution in [2.75, 3.05) is 25.4 Å². The van der Waals surface area contributed by atoms with Crippen LogP contribution in [0.1, 0.15) is 20.3 Å². The van der Waals surface area contributed by atoms with Crippen LogP contribution in [0.25, 0.3) is 0 Å². The van der Waals surface area contributed by atoms with Gasteiger partial charge >= 0.3 is 5.97 Å². The summed E-state index contributed by atoms with van der Waals surface area (Å²) in [5, 5.41) is 30.5. The van der Waals surface area contributed by atoms with Gasteiger partial charge in [0.15, 0.2) is 0 Å². The first-order valence-electron chi connectivity index (χ1n) is 6.48. The number of carboxylic acid groups (broad SMARTS) is 1. The highest BCUT2D eigenvalue weighted by atomic mass is 32.1. The first-order valence-corrected chi connectivity index (χ1v) is 7.12. The molecule has 0 aliphatic heterocycles. The lowest BCUT2D eigenvalue weighted by atomic mass is 10.1. The molecule has 0 aromatic heterocycles. The maximum atomic E-state index is 12.1. The average Bonchev–Trinajstić information content (AvgIpc) is 2.31. The van der Waals surface area contributed by atoms with E-state index in [9.17, 15) is 19.8 Å². The van der Waals surface area contributed by atoms with Crippen LogP contribution in [0.2, 0.25) is 0 Å². The molecule has 0 bridgehead atoms. The lowest BCUT2D eigenvalue weighted by molar-refractivity contribution is -0.144. The standard InChI is InChI=1S/C12H24N2O5S/c1-8(15)6-14(7-9(2)16)11(17)5-10(12(18)19)13-3-4-20/h8-10,13,15-16,20H,3-7H2,1-2H3,(H,18,19). The van der Waals surface area contributed by atoms with E-state index in [0.29, 0.717) is 12.3 Å². The van der Waals surface area contributed by atoms with Crippen LogP contribution in [0, 0.1) is 0 Å². The Kier molecular flexibility index (Phi) is 9.56. The molecule has 0 saturated heterocycles. The van der Waals surface area contributed by atoms with Crippen molar-refractivity contribution in [3.05, 3.63) is 0 Å². The van der Waals surface area contributed by atoms with E-state index < -0.39 is 30.1 Å². The van der Waals surface area contributed by atoms with Gasteiger partial charge in [0.25, 0.3) is 0 Å². The van der Waals surface area contributed by atoms with Crippen molar-refractivity contribution in [1.29, 1.82) is 0 Å². The summed E-state index contributed by atoms with van der Waals surface area (Å²) in [6.07, 6.45) is -1.72. The number of nitrogens with one attached hydrogen (secondary N) is 1. The van der Waals surface area contributed by atoms with Gasteiger partial charge in [0.2, 0.25) is 5.91 Å². The molecule has 118 valence electrons. The van der Waals surface area contributed by atoms with Crippen molar-refractivity contribution >= 4 is 24.5 Å². The molecule has 0 aromatic carbocycles. The predicted molar refractivity (Wildman–Crippen MR) is 77.8 cm³/mol. The van der Waals surface area contributed by atoms with Crippen molar-refractivity contribution in [2.45, 2.75) is 38.5 Å². The summed E-state index contributed by atoms with van der Waals surface area (Å²) in [6.45, 7) is 3.54. The zero-order valence-corrected chi connectivity index (χ0v) is 12.7. The molecule has 0 heterocycles. The number of thiol groups is 1. The van der Waals surface area contributed by atoms with Gasteiger partial charge in [-0.05, 0) is 13.8 Å². The molecule has 4 N–H and O–H groups in total. The molecule has 0 radical (unpaired) electrons. The third kappa shape index (κ3) is 8.36. The number of carboxylic acids is 1. The molecule has 1 amide bonds. The second-order valence-corrected chi connectivity index (χ2v) is 5.22. The number of carbonyl (C=O) groups is 2. The Bertz CT molecular complexity index is 302. The summed E-state index contributed by atoms with van der Waals surface area (Å²) in [7, 11) is 0. The molecule has 20 heavy (non-hydrogen) atoms. The Morgan fingerprint density at radius 1 is 1.20 bits per heavy atom. The Morgan fingerprint density at radius 3 is 2.05 bits per heavy atom. The average molecular weight is 308 g/mol. The summed E-state index contributed by atoms with van der Waals surface area (Å²) in [5.74, 6) is -1.08. The van der Waals surface area contributed by atoms with E-state index in [0.717, 1.165) is 0 Å². The highest BCUT2D eigenvalue weighted by Gasteiger charge is 2.25. The number of hydrogen-bond acceptors (Lipinski definition) is 6. The maximum Gasteiger partial charge on any atom is 0.321 e. The third-order valence-corrected chi connectivity index (χ3v) is 2.72. The van der Waals surface area contributed by atoms with E-state index in [-0.39, 0.29) is 19.5 Å². The van der Waals surface area contributed by atoms with Gasteiger partial charge in [-0.15, -0.1) is 0 Å². The predicted octanol–water partition coefficient (Wildman–Crippen LogP) is -1.06. The molecule has 0 aliphatic carbocycles. The Balaban J connectivity index is 4.64. The Morgan fingerprint density at radius 2 is 1.70 bits per heavy atom. The number of rotatable bonds is 10. The summed E-state index contributed by atoms with van der Waals surface area (Å²) in [5.41, 5.74) is 0. The van der Waals surface area contributed by atoms with Crippen molar-refractivity contribution in [1.82, 2.24) is 10.2 Å². The van der Waals surface area contributed by atoms with Crippen LogP contribution < -0.4 is 5.32 Å². The van der Waals surface area contributed by atoms with Crippen molar-refractivity contribution < 1.29 is 24.9 Å². The largest absolute Gasteiger partial charge is 0.480 e. The van der Waals surface area contributed by atoms with Crippen molar-refractivity contribution in [3.8, 4) is 0 Å². The van der Waals surface area contributed by atoms with Crippen LogP contribution in [0.4, 0.5) is 0 Å². The molecule has 8 heteroatoms. The summed E-state index contributed by atoms with van der Waals surface area (Å²) in [6, 6.07) is -1.000. The van der Waals surface area contributed by atoms with Crippen LogP contribution in [0.15, 0.2) is 0 Å². The van der Waals surface area contributed by atoms with E-state index in [1.54, 1.807) is 0 Å². The van der Waals surface area contributed by atoms with Gasteiger partial charge in [0.05, 0.1) is 18.6 Å². The zero-order valence-electron chi connectivity index (χ0n) is 11.8. The second-order valence-electron chi connectivity index (χ2n) is 4.77. The lowest BCUT2D eigenvalue weighted by Gasteiger charge is -2.26. The number of nitrogens with zero attached hydrogens (tertiary/aromatic N) is 1. The number of aliphatic hydroxyl groups excluding tert-OH is 2. The Hall–Kier alpha value is -0.830. The SMILES string of the molecule is CC(O)CN(CC(C)O)C(=O)CC(NCCS)C(=O)O. The molecular weight excluding hydrogens is 284 g/mol. The minimum atomic E-state index is -1.12. The highest BCUT2D eigenvalue weighted by Crippen LogP contribution is 2.03. The number of aliphatic carboxylic acids is 1. The fourth-order valence-electron chi connectivity index (χ4n) is 1.71. The number of hydrogen-bond donors (Lipinski definition) is 5. The van der Waals surface area contributed by atoms with E-state index in [1.807, 2.05) is 0 Å². The molecule has 0 rings (SSSR count).